The molecule has 0 radical (unpaired) electrons. The highest BCUT2D eigenvalue weighted by atomic mass is 32.2. The van der Waals surface area contributed by atoms with Crippen LogP contribution >= 0.6 is 0 Å². The smallest absolute Gasteiger partial charge is 0.407 e. The number of anilines is 1. The number of hydrogen-bond donors (Lipinski definition) is 3. The molecule has 2 amide bonds. The van der Waals surface area contributed by atoms with Crippen LogP contribution in [0.1, 0.15) is 41.0 Å². The topological polar surface area (TPSA) is 132 Å². The normalized spacial score (nSPS) is 16.7. The van der Waals surface area contributed by atoms with Gasteiger partial charge in [-0.25, -0.2) is 13.2 Å². The molecule has 1 aliphatic heterocycles. The molecule has 0 bridgehead atoms. The molecule has 4 aromatic rings. The number of benzene rings is 4. The molecule has 4 aromatic carbocycles. The maximum absolute atomic E-state index is 13.9. The van der Waals surface area contributed by atoms with Crippen molar-refractivity contribution in [1.82, 2.24) is 10.6 Å². The molecule has 1 fully saturated rings. The number of hydrogen-bond acceptors (Lipinski definition) is 8. The molecule has 11 heteroatoms. The molecule has 0 aromatic heterocycles. The van der Waals surface area contributed by atoms with E-state index in [1.54, 1.807) is 18.2 Å². The fourth-order valence-corrected chi connectivity index (χ4v) is 6.85. The fourth-order valence-electron chi connectivity index (χ4n) is 6.14. The van der Waals surface area contributed by atoms with E-state index < -0.39 is 22.0 Å². The van der Waals surface area contributed by atoms with Gasteiger partial charge in [-0.3, -0.25) is 4.79 Å². The Morgan fingerprint density at radius 2 is 1.54 bits per heavy atom. The summed E-state index contributed by atoms with van der Waals surface area (Å²) in [4.78, 5) is 26.6. The van der Waals surface area contributed by atoms with Crippen molar-refractivity contribution in [1.29, 1.82) is 0 Å². The highest BCUT2D eigenvalue weighted by molar-refractivity contribution is 7.90. The zero-order valence-corrected chi connectivity index (χ0v) is 29.4. The summed E-state index contributed by atoms with van der Waals surface area (Å²) in [6.07, 6.45) is 1.90. The summed E-state index contributed by atoms with van der Waals surface area (Å²) in [5, 5.41) is 9.27. The first-order chi connectivity index (χ1) is 24.1. The molecule has 0 unspecified atom stereocenters. The summed E-state index contributed by atoms with van der Waals surface area (Å²) in [6.45, 7) is 3.45. The second-order valence-corrected chi connectivity index (χ2v) is 14.5. The lowest BCUT2D eigenvalue weighted by atomic mass is 9.85. The Bertz CT molecular complexity index is 1800. The Kier molecular flexibility index (Phi) is 12.6. The molecule has 1 heterocycles. The number of aryl methyl sites for hydroxylation is 2. The van der Waals surface area contributed by atoms with Crippen LogP contribution in [-0.4, -0.2) is 71.7 Å². The van der Waals surface area contributed by atoms with Gasteiger partial charge in [0, 0.05) is 31.0 Å². The Morgan fingerprint density at radius 1 is 0.900 bits per heavy atom. The van der Waals surface area contributed by atoms with Crippen LogP contribution in [0.3, 0.4) is 0 Å². The average Bonchev–Trinajstić information content (AvgIpc) is 3.12. The number of carbonyl (C=O) groups excluding carboxylic acids is 2. The monoisotopic (exact) mass is 699 g/mol. The molecule has 3 N–H and O–H groups in total. The van der Waals surface area contributed by atoms with E-state index in [1.807, 2.05) is 91.9 Å². The molecule has 10 nitrogen and oxygen atoms in total. The molecule has 0 spiro atoms. The Balaban J connectivity index is 1.22. The first-order valence-electron chi connectivity index (χ1n) is 16.7. The van der Waals surface area contributed by atoms with Gasteiger partial charge in [-0.1, -0.05) is 78.9 Å². The van der Waals surface area contributed by atoms with Crippen LogP contribution in [-0.2, 0) is 30.5 Å². The highest BCUT2D eigenvalue weighted by Crippen LogP contribution is 2.30. The summed E-state index contributed by atoms with van der Waals surface area (Å²) in [5.74, 6) is 0.128. The number of ether oxygens (including phenoxy) is 3. The number of morpholine rings is 1. The third kappa shape index (κ3) is 10.2. The third-order valence-electron chi connectivity index (χ3n) is 8.81. The van der Waals surface area contributed by atoms with Crippen molar-refractivity contribution in [2.24, 2.45) is 0 Å². The number of sulfone groups is 1. The lowest BCUT2D eigenvalue weighted by molar-refractivity contribution is -0.118. The molecule has 0 aliphatic carbocycles. The summed E-state index contributed by atoms with van der Waals surface area (Å²) in [6, 6.07) is 31.5. The van der Waals surface area contributed by atoms with Gasteiger partial charge in [0.25, 0.3) is 0 Å². The van der Waals surface area contributed by atoms with E-state index in [2.05, 4.69) is 16.0 Å². The van der Waals surface area contributed by atoms with Crippen LogP contribution < -0.4 is 20.7 Å². The number of alkyl carbamates (subject to hydrolysis) is 1. The zero-order chi connectivity index (χ0) is 35.5. The van der Waals surface area contributed by atoms with Crippen LogP contribution in [0.15, 0.2) is 108 Å². The lowest BCUT2D eigenvalue weighted by Gasteiger charge is -2.31. The molecule has 5 rings (SSSR count). The maximum atomic E-state index is 13.9. The predicted molar refractivity (Wildman–Crippen MR) is 193 cm³/mol. The number of para-hydroxylation sites is 1. The second-order valence-electron chi connectivity index (χ2n) is 12.5. The van der Waals surface area contributed by atoms with Gasteiger partial charge >= 0.3 is 6.09 Å². The minimum absolute atomic E-state index is 0.0824. The van der Waals surface area contributed by atoms with Crippen LogP contribution in [0.4, 0.5) is 10.5 Å². The molecule has 264 valence electrons. The van der Waals surface area contributed by atoms with Gasteiger partial charge in [-0.2, -0.15) is 0 Å². The highest BCUT2D eigenvalue weighted by Gasteiger charge is 2.28. The number of methoxy groups -OCH3 is 1. The van der Waals surface area contributed by atoms with Crippen LogP contribution in [0.2, 0.25) is 0 Å². The maximum Gasteiger partial charge on any atom is 0.407 e. The Labute approximate surface area is 294 Å². The van der Waals surface area contributed by atoms with Gasteiger partial charge in [0.15, 0.2) is 9.84 Å². The Morgan fingerprint density at radius 3 is 2.18 bits per heavy atom. The van der Waals surface area contributed by atoms with Crippen molar-refractivity contribution < 1.29 is 32.2 Å². The molecular weight excluding hydrogens is 655 g/mol. The van der Waals surface area contributed by atoms with Crippen molar-refractivity contribution in [3.05, 3.63) is 125 Å². The number of carbonyl (C=O) groups is 2. The molecule has 50 heavy (non-hydrogen) atoms. The fraction of sp³-hybridized carbons (Fsp3) is 0.333. The molecule has 1 saturated heterocycles. The van der Waals surface area contributed by atoms with Gasteiger partial charge in [0.2, 0.25) is 5.91 Å². The van der Waals surface area contributed by atoms with Crippen molar-refractivity contribution in [3.63, 3.8) is 0 Å². The molecular formula is C39H45N3O7S. The second kappa shape index (κ2) is 17.3. The van der Waals surface area contributed by atoms with Crippen molar-refractivity contribution in [2.45, 2.75) is 55.2 Å². The zero-order valence-electron chi connectivity index (χ0n) is 28.6. The van der Waals surface area contributed by atoms with Gasteiger partial charge in [0.1, 0.15) is 24.5 Å². The molecule has 3 atom stereocenters. The first kappa shape index (κ1) is 36.6. The van der Waals surface area contributed by atoms with Crippen LogP contribution in [0.25, 0.3) is 0 Å². The molecule has 1 aliphatic rings. The Hall–Kier alpha value is -4.71. The third-order valence-corrected chi connectivity index (χ3v) is 9.92. The van der Waals surface area contributed by atoms with E-state index in [0.717, 1.165) is 22.3 Å². The summed E-state index contributed by atoms with van der Waals surface area (Å²) < 4.78 is 41.0. The van der Waals surface area contributed by atoms with Gasteiger partial charge in [-0.05, 0) is 72.7 Å². The minimum Gasteiger partial charge on any atom is -0.491 e. The quantitative estimate of drug-likeness (QED) is 0.154. The largest absolute Gasteiger partial charge is 0.491 e. The summed E-state index contributed by atoms with van der Waals surface area (Å²) in [7, 11) is -2.01. The van der Waals surface area contributed by atoms with Crippen molar-refractivity contribution in [2.75, 3.05) is 38.4 Å². The SMILES string of the molecule is COC(=O)N[C@@H](CC(c1ccccc1)c1ccccc1)C(=O)Nc1ccccc1CC[C@@H]1CNC[C@@H](COc2ccc(S(C)(=O)=O)cc2C)O1. The number of nitrogens with one attached hydrogen (secondary N) is 3. The van der Waals surface area contributed by atoms with Gasteiger partial charge in [-0.15, -0.1) is 0 Å². The van der Waals surface area contributed by atoms with Crippen LogP contribution in [0, 0.1) is 6.92 Å². The number of rotatable bonds is 14. The first-order valence-corrected chi connectivity index (χ1v) is 18.6. The van der Waals surface area contributed by atoms with E-state index in [0.29, 0.717) is 50.4 Å². The van der Waals surface area contributed by atoms with Crippen molar-refractivity contribution in [3.8, 4) is 5.75 Å². The van der Waals surface area contributed by atoms with E-state index in [1.165, 1.54) is 13.4 Å². The predicted octanol–water partition coefficient (Wildman–Crippen LogP) is 5.65. The lowest BCUT2D eigenvalue weighted by Crippen LogP contribution is -2.47. The standard InChI is InChI=1S/C39H45N3O7S/c1-27-22-33(50(3,45)46)20-21-37(27)48-26-32-25-40-24-31(49-32)19-18-30-16-10-11-17-35(30)41-38(43)36(42-39(44)47-2)23-34(28-12-6-4-7-13-28)29-14-8-5-9-15-29/h4-17,20-22,31-32,34,36,40H,18-19,23-26H2,1-3H3,(H,41,43)(H,42,44)/t31-,32+,36+/m1/s1. The minimum atomic E-state index is -3.30. The van der Waals surface area contributed by atoms with Gasteiger partial charge in [0.05, 0.1) is 18.1 Å². The van der Waals surface area contributed by atoms with Crippen LogP contribution in [0.5, 0.6) is 5.75 Å². The van der Waals surface area contributed by atoms with E-state index >= 15 is 0 Å². The molecule has 0 saturated carbocycles. The average molecular weight is 700 g/mol. The van der Waals surface area contributed by atoms with E-state index in [-0.39, 0.29) is 28.9 Å². The summed E-state index contributed by atoms with van der Waals surface area (Å²) in [5.41, 5.74) is 4.43. The van der Waals surface area contributed by atoms with E-state index in [9.17, 15) is 18.0 Å². The van der Waals surface area contributed by atoms with Crippen molar-refractivity contribution >= 4 is 27.5 Å². The summed E-state index contributed by atoms with van der Waals surface area (Å²) >= 11 is 0. The number of amides is 2. The van der Waals surface area contributed by atoms with Gasteiger partial charge < -0.3 is 30.2 Å². The van der Waals surface area contributed by atoms with E-state index in [4.69, 9.17) is 14.2 Å².